The van der Waals surface area contributed by atoms with Gasteiger partial charge < -0.3 is 20.3 Å². The second-order valence-corrected chi connectivity index (χ2v) is 9.48. The number of aryl methyl sites for hydroxylation is 1. The quantitative estimate of drug-likeness (QED) is 0.474. The molecule has 0 spiro atoms. The van der Waals surface area contributed by atoms with E-state index in [0.29, 0.717) is 39.4 Å². The smallest absolute Gasteiger partial charge is 0.274 e. The van der Waals surface area contributed by atoms with E-state index in [2.05, 4.69) is 39.5 Å². The van der Waals surface area contributed by atoms with Crippen LogP contribution in [0.5, 0.6) is 5.19 Å². The topological polar surface area (TPSA) is 84.3 Å². The van der Waals surface area contributed by atoms with Crippen LogP contribution in [0.3, 0.4) is 0 Å². The third kappa shape index (κ3) is 4.00. The highest BCUT2D eigenvalue weighted by Gasteiger charge is 2.26. The molecule has 1 aliphatic heterocycles. The Labute approximate surface area is 194 Å². The summed E-state index contributed by atoms with van der Waals surface area (Å²) in [7, 11) is 3.30. The number of methoxy groups -OCH3 is 1. The van der Waals surface area contributed by atoms with E-state index in [1.54, 1.807) is 37.2 Å². The molecule has 3 heterocycles. The molecular formula is C23H25FN6O2S. The molecule has 10 heteroatoms. The van der Waals surface area contributed by atoms with Crippen LogP contribution in [0, 0.1) is 5.82 Å². The molecule has 4 aromatic rings. The summed E-state index contributed by atoms with van der Waals surface area (Å²) < 4.78 is 22.3. The summed E-state index contributed by atoms with van der Waals surface area (Å²) in [5.41, 5.74) is 2.66. The van der Waals surface area contributed by atoms with Crippen molar-refractivity contribution in [1.29, 1.82) is 0 Å². The summed E-state index contributed by atoms with van der Waals surface area (Å²) in [6, 6.07) is 7.43. The second-order valence-electron chi connectivity index (χ2n) is 8.52. The van der Waals surface area contributed by atoms with E-state index in [0.717, 1.165) is 23.5 Å². The lowest BCUT2D eigenvalue weighted by atomic mass is 10.1. The van der Waals surface area contributed by atoms with E-state index in [1.165, 1.54) is 17.4 Å². The number of hydrogen-bond acceptors (Lipinski definition) is 7. The van der Waals surface area contributed by atoms with Gasteiger partial charge in [-0.25, -0.2) is 9.37 Å². The van der Waals surface area contributed by atoms with Gasteiger partial charge in [0.15, 0.2) is 5.82 Å². The molecule has 0 saturated carbocycles. The second kappa shape index (κ2) is 8.27. The molecular weight excluding hydrogens is 443 g/mol. The number of piperazine rings is 1. The number of aromatic nitrogens is 3. The van der Waals surface area contributed by atoms with Crippen LogP contribution in [-0.2, 0) is 7.05 Å². The first kappa shape index (κ1) is 21.6. The van der Waals surface area contributed by atoms with E-state index in [-0.39, 0.29) is 11.4 Å². The largest absolute Gasteiger partial charge is 0.473 e. The Morgan fingerprint density at radius 3 is 2.73 bits per heavy atom. The lowest BCUT2D eigenvalue weighted by Crippen LogP contribution is -2.54. The average Bonchev–Trinajstić information content (AvgIpc) is 3.35. The van der Waals surface area contributed by atoms with Gasteiger partial charge in [-0.15, -0.1) is 0 Å². The van der Waals surface area contributed by atoms with Crippen LogP contribution in [0.25, 0.3) is 21.1 Å². The molecule has 0 aliphatic carbocycles. The van der Waals surface area contributed by atoms with Gasteiger partial charge in [-0.05, 0) is 38.1 Å². The Morgan fingerprint density at radius 1 is 1.24 bits per heavy atom. The van der Waals surface area contributed by atoms with Crippen molar-refractivity contribution < 1.29 is 13.9 Å². The van der Waals surface area contributed by atoms with Gasteiger partial charge in [0.2, 0.25) is 0 Å². The number of hydrogen-bond donors (Lipinski definition) is 2. The maximum absolute atomic E-state index is 14.5. The van der Waals surface area contributed by atoms with Gasteiger partial charge in [0, 0.05) is 49.5 Å². The zero-order chi connectivity index (χ0) is 23.3. The first-order chi connectivity index (χ1) is 15.8. The molecule has 33 heavy (non-hydrogen) atoms. The van der Waals surface area contributed by atoms with Crippen molar-refractivity contribution in [3.8, 4) is 5.19 Å². The van der Waals surface area contributed by atoms with Crippen LogP contribution in [0.2, 0.25) is 0 Å². The van der Waals surface area contributed by atoms with Gasteiger partial charge in [0.05, 0.1) is 23.1 Å². The van der Waals surface area contributed by atoms with Crippen molar-refractivity contribution in [2.24, 2.45) is 7.05 Å². The summed E-state index contributed by atoms with van der Waals surface area (Å²) in [5.74, 6) is -0.842. The van der Waals surface area contributed by atoms with E-state index in [1.807, 2.05) is 6.07 Å². The molecule has 5 rings (SSSR count). The first-order valence-electron chi connectivity index (χ1n) is 10.7. The number of thiazole rings is 1. The van der Waals surface area contributed by atoms with E-state index in [4.69, 9.17) is 4.74 Å². The minimum atomic E-state index is -0.485. The molecule has 2 aromatic heterocycles. The molecule has 1 aliphatic rings. The van der Waals surface area contributed by atoms with Crippen molar-refractivity contribution >= 4 is 49.7 Å². The molecule has 0 radical (unpaired) electrons. The minimum Gasteiger partial charge on any atom is -0.473 e. The highest BCUT2D eigenvalue weighted by atomic mass is 32.1. The predicted molar refractivity (Wildman–Crippen MR) is 129 cm³/mol. The monoisotopic (exact) mass is 468 g/mol. The number of halogens is 1. The highest BCUT2D eigenvalue weighted by molar-refractivity contribution is 7.21. The Balaban J connectivity index is 1.52. The number of rotatable bonds is 4. The van der Waals surface area contributed by atoms with Gasteiger partial charge in [-0.1, -0.05) is 11.3 Å². The highest BCUT2D eigenvalue weighted by Crippen LogP contribution is 2.38. The number of fused-ring (bicyclic) bond motifs is 2. The molecule has 172 valence electrons. The van der Waals surface area contributed by atoms with Crippen molar-refractivity contribution in [3.63, 3.8) is 0 Å². The van der Waals surface area contributed by atoms with Crippen LogP contribution in [0.1, 0.15) is 24.2 Å². The van der Waals surface area contributed by atoms with Gasteiger partial charge >= 0.3 is 0 Å². The van der Waals surface area contributed by atoms with Crippen LogP contribution in [-0.4, -0.2) is 53.0 Å². The Morgan fingerprint density at radius 2 is 2.00 bits per heavy atom. The summed E-state index contributed by atoms with van der Waals surface area (Å²) in [4.78, 5) is 20.1. The zero-order valence-electron chi connectivity index (χ0n) is 18.8. The molecule has 0 bridgehead atoms. The standard InChI is InChI=1S/C23H25FN6O2S/c1-12-9-30(10-13(2)25-12)18-6-5-16(20-21(18)33-23(27-20)32-4)22(31)26-15-7-14-11-29(3)28-19(14)17(24)8-15/h5-8,11-13,25H,9-10H2,1-4H3,(H,26,31)/t12-,13-/m1/s1. The lowest BCUT2D eigenvalue weighted by Gasteiger charge is -2.37. The van der Waals surface area contributed by atoms with Crippen LogP contribution in [0.15, 0.2) is 30.5 Å². The Kier molecular flexibility index (Phi) is 5.41. The number of nitrogens with one attached hydrogen (secondary N) is 2. The van der Waals surface area contributed by atoms with Crippen molar-refractivity contribution in [2.45, 2.75) is 25.9 Å². The lowest BCUT2D eigenvalue weighted by molar-refractivity contribution is 0.102. The van der Waals surface area contributed by atoms with Crippen molar-refractivity contribution in [1.82, 2.24) is 20.1 Å². The zero-order valence-corrected chi connectivity index (χ0v) is 19.7. The van der Waals surface area contributed by atoms with Gasteiger partial charge in [0.1, 0.15) is 11.0 Å². The molecule has 2 N–H and O–H groups in total. The van der Waals surface area contributed by atoms with E-state index >= 15 is 0 Å². The fourth-order valence-corrected chi connectivity index (χ4v) is 5.45. The SMILES string of the molecule is COc1nc2c(C(=O)Nc3cc(F)c4nn(C)cc4c3)ccc(N3C[C@@H](C)N[C@H](C)C3)c2s1. The molecule has 8 nitrogen and oxygen atoms in total. The molecule has 0 unspecified atom stereocenters. The number of ether oxygens (including phenoxy) is 1. The third-order valence-corrected chi connectivity index (χ3v) is 6.79. The summed E-state index contributed by atoms with van der Waals surface area (Å²) in [5, 5.41) is 11.6. The minimum absolute atomic E-state index is 0.269. The van der Waals surface area contributed by atoms with Gasteiger partial charge in [-0.2, -0.15) is 5.10 Å². The number of anilines is 2. The van der Waals surface area contributed by atoms with E-state index in [9.17, 15) is 9.18 Å². The van der Waals surface area contributed by atoms with E-state index < -0.39 is 5.82 Å². The number of nitrogens with zero attached hydrogens (tertiary/aromatic N) is 4. The molecule has 1 saturated heterocycles. The molecule has 2 aromatic carbocycles. The fraction of sp³-hybridized carbons (Fsp3) is 0.348. The van der Waals surface area contributed by atoms with Gasteiger partial charge in [0.25, 0.3) is 11.1 Å². The normalized spacial score (nSPS) is 18.8. The van der Waals surface area contributed by atoms with Crippen LogP contribution >= 0.6 is 11.3 Å². The average molecular weight is 469 g/mol. The van der Waals surface area contributed by atoms with Crippen LogP contribution in [0.4, 0.5) is 15.8 Å². The number of benzene rings is 2. The number of carbonyl (C=O) groups excluding carboxylic acids is 1. The van der Waals surface area contributed by atoms with Crippen molar-refractivity contribution in [3.05, 3.63) is 41.8 Å². The van der Waals surface area contributed by atoms with Gasteiger partial charge in [-0.3, -0.25) is 9.48 Å². The molecule has 2 atom stereocenters. The predicted octanol–water partition coefficient (Wildman–Crippen LogP) is 3.77. The molecule has 1 amide bonds. The first-order valence-corrected chi connectivity index (χ1v) is 11.6. The van der Waals surface area contributed by atoms with Crippen molar-refractivity contribution in [2.75, 3.05) is 30.4 Å². The summed E-state index contributed by atoms with van der Waals surface area (Å²) in [6.07, 6.45) is 1.71. The Bertz CT molecular complexity index is 1360. The number of carbonyl (C=O) groups is 1. The maximum atomic E-state index is 14.5. The maximum Gasteiger partial charge on any atom is 0.274 e. The van der Waals surface area contributed by atoms with Crippen LogP contribution < -0.4 is 20.3 Å². The number of amides is 1. The summed E-state index contributed by atoms with van der Waals surface area (Å²) in [6.45, 7) is 6.03. The fourth-order valence-electron chi connectivity index (χ4n) is 4.50. The Hall–Kier alpha value is -3.24. The summed E-state index contributed by atoms with van der Waals surface area (Å²) >= 11 is 1.42. The third-order valence-electron chi connectivity index (χ3n) is 5.76. The molecule has 1 fully saturated rings.